The summed E-state index contributed by atoms with van der Waals surface area (Å²) in [5.74, 6) is 1.92. The number of benzene rings is 1. The average Bonchev–Trinajstić information content (AvgIpc) is 2.39. The van der Waals surface area contributed by atoms with Crippen LogP contribution < -0.4 is 0 Å². The third-order valence-corrected chi connectivity index (χ3v) is 4.51. The number of likely N-dealkylation sites (tertiary alicyclic amines) is 1. The zero-order valence-corrected chi connectivity index (χ0v) is 12.1. The molecule has 1 saturated heterocycles. The second-order valence-corrected chi connectivity index (χ2v) is 6.17. The Labute approximate surface area is 118 Å². The average molecular weight is 281 g/mol. The van der Waals surface area contributed by atoms with Crippen LogP contribution in [0.3, 0.4) is 0 Å². The molecule has 1 aromatic carbocycles. The summed E-state index contributed by atoms with van der Waals surface area (Å²) in [6, 6.07) is 6.57. The highest BCUT2D eigenvalue weighted by Gasteiger charge is 2.19. The van der Waals surface area contributed by atoms with Crippen molar-refractivity contribution >= 4 is 17.7 Å². The molecule has 0 atom stereocenters. The van der Waals surface area contributed by atoms with Crippen molar-refractivity contribution in [2.24, 2.45) is 5.92 Å². The molecule has 1 aliphatic rings. The quantitative estimate of drug-likeness (QED) is 0.844. The largest absolute Gasteiger partial charge is 0.342 e. The lowest BCUT2D eigenvalue weighted by atomic mass is 9.99. The molecular formula is C15H20FNOS. The van der Waals surface area contributed by atoms with Crippen LogP contribution in [0.15, 0.2) is 24.3 Å². The molecule has 0 saturated carbocycles. The third-order valence-electron chi connectivity index (χ3n) is 3.52. The van der Waals surface area contributed by atoms with Gasteiger partial charge >= 0.3 is 0 Å². The molecule has 2 nitrogen and oxygen atoms in total. The molecular weight excluding hydrogens is 261 g/mol. The fourth-order valence-corrected chi connectivity index (χ4v) is 3.11. The highest BCUT2D eigenvalue weighted by atomic mass is 32.2. The maximum Gasteiger partial charge on any atom is 0.232 e. The fraction of sp³-hybridized carbons (Fsp3) is 0.533. The predicted octanol–water partition coefficient (Wildman–Crippen LogP) is 3.32. The van der Waals surface area contributed by atoms with E-state index in [9.17, 15) is 9.18 Å². The van der Waals surface area contributed by atoms with Gasteiger partial charge in [0.15, 0.2) is 0 Å². The van der Waals surface area contributed by atoms with Gasteiger partial charge in [-0.15, -0.1) is 11.8 Å². The van der Waals surface area contributed by atoms with Gasteiger partial charge in [0.25, 0.3) is 0 Å². The molecule has 1 heterocycles. The van der Waals surface area contributed by atoms with Crippen molar-refractivity contribution < 1.29 is 9.18 Å². The topological polar surface area (TPSA) is 20.3 Å². The van der Waals surface area contributed by atoms with Crippen molar-refractivity contribution in [3.63, 3.8) is 0 Å². The zero-order chi connectivity index (χ0) is 13.7. The molecule has 4 heteroatoms. The maximum atomic E-state index is 13.0. The fourth-order valence-electron chi connectivity index (χ4n) is 2.23. The number of halogens is 1. The molecule has 1 fully saturated rings. The first kappa shape index (κ1) is 14.4. The van der Waals surface area contributed by atoms with Gasteiger partial charge in [0.2, 0.25) is 5.91 Å². The predicted molar refractivity (Wildman–Crippen MR) is 77.5 cm³/mol. The summed E-state index contributed by atoms with van der Waals surface area (Å²) >= 11 is 1.56. The third kappa shape index (κ3) is 4.53. The SMILES string of the molecule is CC1CCN(C(=O)CSCc2cccc(F)c2)CC1. The first-order valence-corrected chi connectivity index (χ1v) is 7.90. The first-order valence-electron chi connectivity index (χ1n) is 6.75. The van der Waals surface area contributed by atoms with Crippen LogP contribution in [0.5, 0.6) is 0 Å². The van der Waals surface area contributed by atoms with Crippen LogP contribution in [-0.2, 0) is 10.5 Å². The number of piperidine rings is 1. The van der Waals surface area contributed by atoms with Gasteiger partial charge in [0.05, 0.1) is 5.75 Å². The summed E-state index contributed by atoms with van der Waals surface area (Å²) in [4.78, 5) is 13.9. The van der Waals surface area contributed by atoms with Gasteiger partial charge < -0.3 is 4.90 Å². The van der Waals surface area contributed by atoms with E-state index in [0.717, 1.165) is 37.4 Å². The number of nitrogens with zero attached hydrogens (tertiary/aromatic N) is 1. The highest BCUT2D eigenvalue weighted by molar-refractivity contribution is 7.99. The van der Waals surface area contributed by atoms with Gasteiger partial charge in [-0.1, -0.05) is 19.1 Å². The minimum absolute atomic E-state index is 0.213. The summed E-state index contributed by atoms with van der Waals surface area (Å²) in [6.07, 6.45) is 2.22. The summed E-state index contributed by atoms with van der Waals surface area (Å²) < 4.78 is 13.0. The van der Waals surface area contributed by atoms with Gasteiger partial charge in [0, 0.05) is 18.8 Å². The van der Waals surface area contributed by atoms with Crippen LogP contribution in [0.2, 0.25) is 0 Å². The summed E-state index contributed by atoms with van der Waals surface area (Å²) in [5, 5.41) is 0. The van der Waals surface area contributed by atoms with E-state index >= 15 is 0 Å². The number of rotatable bonds is 4. The van der Waals surface area contributed by atoms with E-state index in [1.165, 1.54) is 12.1 Å². The van der Waals surface area contributed by atoms with Gasteiger partial charge in [-0.25, -0.2) is 4.39 Å². The normalized spacial score (nSPS) is 16.6. The second kappa shape index (κ2) is 6.94. The van der Waals surface area contributed by atoms with Gasteiger partial charge in [-0.3, -0.25) is 4.79 Å². The van der Waals surface area contributed by atoms with Gasteiger partial charge in [-0.2, -0.15) is 0 Å². The van der Waals surface area contributed by atoms with Crippen LogP contribution in [0.1, 0.15) is 25.3 Å². The van der Waals surface area contributed by atoms with E-state index in [-0.39, 0.29) is 11.7 Å². The van der Waals surface area contributed by atoms with Crippen molar-refractivity contribution in [2.45, 2.75) is 25.5 Å². The van der Waals surface area contributed by atoms with E-state index < -0.39 is 0 Å². The molecule has 2 rings (SSSR count). The molecule has 1 aliphatic heterocycles. The Morgan fingerprint density at radius 3 is 2.84 bits per heavy atom. The molecule has 104 valence electrons. The number of amides is 1. The number of carbonyl (C=O) groups excluding carboxylic acids is 1. The van der Waals surface area contributed by atoms with Crippen LogP contribution in [0, 0.1) is 11.7 Å². The maximum absolute atomic E-state index is 13.0. The Balaban J connectivity index is 1.72. The summed E-state index contributed by atoms with van der Waals surface area (Å²) in [5.41, 5.74) is 0.935. The Bertz CT molecular complexity index is 430. The lowest BCUT2D eigenvalue weighted by Gasteiger charge is -2.30. The van der Waals surface area contributed by atoms with E-state index in [0.29, 0.717) is 11.5 Å². The number of thioether (sulfide) groups is 1. The molecule has 0 aromatic heterocycles. The lowest BCUT2D eigenvalue weighted by Crippen LogP contribution is -2.38. The molecule has 0 aliphatic carbocycles. The Kier molecular flexibility index (Phi) is 5.25. The van der Waals surface area contributed by atoms with E-state index in [1.807, 2.05) is 11.0 Å². The molecule has 0 radical (unpaired) electrons. The zero-order valence-electron chi connectivity index (χ0n) is 11.3. The minimum atomic E-state index is -0.213. The Morgan fingerprint density at radius 1 is 1.42 bits per heavy atom. The van der Waals surface area contributed by atoms with E-state index in [1.54, 1.807) is 17.8 Å². The smallest absolute Gasteiger partial charge is 0.232 e. The molecule has 0 bridgehead atoms. The minimum Gasteiger partial charge on any atom is -0.342 e. The number of hydrogen-bond acceptors (Lipinski definition) is 2. The molecule has 1 aromatic rings. The highest BCUT2D eigenvalue weighted by Crippen LogP contribution is 2.18. The van der Waals surface area contributed by atoms with Crippen molar-refractivity contribution in [1.29, 1.82) is 0 Å². The van der Waals surface area contributed by atoms with Gasteiger partial charge in [-0.05, 0) is 36.5 Å². The van der Waals surface area contributed by atoms with Crippen LogP contribution in [0.25, 0.3) is 0 Å². The van der Waals surface area contributed by atoms with Crippen molar-refractivity contribution in [2.75, 3.05) is 18.8 Å². The first-order chi connectivity index (χ1) is 9.15. The second-order valence-electron chi connectivity index (χ2n) is 5.19. The van der Waals surface area contributed by atoms with Crippen molar-refractivity contribution in [3.05, 3.63) is 35.6 Å². The Morgan fingerprint density at radius 2 is 2.16 bits per heavy atom. The van der Waals surface area contributed by atoms with Crippen LogP contribution >= 0.6 is 11.8 Å². The number of hydrogen-bond donors (Lipinski definition) is 0. The molecule has 1 amide bonds. The van der Waals surface area contributed by atoms with Crippen LogP contribution in [-0.4, -0.2) is 29.6 Å². The Hall–Kier alpha value is -1.03. The van der Waals surface area contributed by atoms with E-state index in [4.69, 9.17) is 0 Å². The van der Waals surface area contributed by atoms with E-state index in [2.05, 4.69) is 6.92 Å². The molecule has 0 unspecified atom stereocenters. The molecule has 0 spiro atoms. The summed E-state index contributed by atoms with van der Waals surface area (Å²) in [6.45, 7) is 4.02. The van der Waals surface area contributed by atoms with Crippen molar-refractivity contribution in [1.82, 2.24) is 4.90 Å². The monoisotopic (exact) mass is 281 g/mol. The number of carbonyl (C=O) groups is 1. The standard InChI is InChI=1S/C15H20FNOS/c1-12-5-7-17(8-6-12)15(18)11-19-10-13-3-2-4-14(16)9-13/h2-4,9,12H,5-8,10-11H2,1H3. The molecule has 0 N–H and O–H groups in total. The van der Waals surface area contributed by atoms with Crippen molar-refractivity contribution in [3.8, 4) is 0 Å². The lowest BCUT2D eigenvalue weighted by molar-refractivity contribution is -0.129. The van der Waals surface area contributed by atoms with Gasteiger partial charge in [0.1, 0.15) is 5.82 Å². The van der Waals surface area contributed by atoms with Crippen LogP contribution in [0.4, 0.5) is 4.39 Å². The summed E-state index contributed by atoms with van der Waals surface area (Å²) in [7, 11) is 0. The molecule has 19 heavy (non-hydrogen) atoms.